The van der Waals surface area contributed by atoms with E-state index in [2.05, 4.69) is 15.2 Å². The van der Waals surface area contributed by atoms with Crippen molar-refractivity contribution in [1.82, 2.24) is 20.1 Å². The van der Waals surface area contributed by atoms with Gasteiger partial charge < -0.3 is 9.64 Å². The third kappa shape index (κ3) is 3.49. The Morgan fingerprint density at radius 1 is 1.27 bits per heavy atom. The van der Waals surface area contributed by atoms with Crippen molar-refractivity contribution in [3.05, 3.63) is 59.8 Å². The fraction of sp³-hybridized carbons (Fsp3) is 0.318. The molecule has 30 heavy (non-hydrogen) atoms. The molecule has 0 spiro atoms. The number of nitrogens with zero attached hydrogens (tertiary/aromatic N) is 4. The van der Waals surface area contributed by atoms with E-state index < -0.39 is 11.4 Å². The van der Waals surface area contributed by atoms with E-state index in [4.69, 9.17) is 4.74 Å². The van der Waals surface area contributed by atoms with Crippen LogP contribution in [0, 0.1) is 12.7 Å². The van der Waals surface area contributed by atoms with Gasteiger partial charge in [0, 0.05) is 29.6 Å². The molecule has 156 valence electrons. The van der Waals surface area contributed by atoms with Crippen molar-refractivity contribution in [3.63, 3.8) is 0 Å². The molecule has 0 saturated carbocycles. The summed E-state index contributed by atoms with van der Waals surface area (Å²) in [6.45, 7) is 6.80. The predicted molar refractivity (Wildman–Crippen MR) is 112 cm³/mol. The first-order valence-electron chi connectivity index (χ1n) is 9.68. The molecule has 1 fully saturated rings. The number of ether oxygens (including phenoxy) is 1. The van der Waals surface area contributed by atoms with Gasteiger partial charge in [-0.1, -0.05) is 6.07 Å². The Hall–Kier alpha value is -3.42. The van der Waals surface area contributed by atoms with Gasteiger partial charge in [-0.25, -0.2) is 14.2 Å². The highest BCUT2D eigenvalue weighted by atomic mass is 19.1. The summed E-state index contributed by atoms with van der Waals surface area (Å²) in [4.78, 5) is 21.4. The first kappa shape index (κ1) is 19.9. The Bertz CT molecular complexity index is 1080. The summed E-state index contributed by atoms with van der Waals surface area (Å²) in [5, 5.41) is 6.78. The van der Waals surface area contributed by atoms with Gasteiger partial charge in [0.2, 0.25) is 0 Å². The summed E-state index contributed by atoms with van der Waals surface area (Å²) in [6, 6.07) is 8.34. The van der Waals surface area contributed by atoms with Gasteiger partial charge in [0.25, 0.3) is 0 Å². The number of carbonyl (C=O) groups excluding carboxylic acids is 1. The molecule has 0 atom stereocenters. The zero-order valence-electron chi connectivity index (χ0n) is 17.4. The summed E-state index contributed by atoms with van der Waals surface area (Å²) in [5.41, 5.74) is 3.12. The molecule has 7 nitrogen and oxygen atoms in total. The summed E-state index contributed by atoms with van der Waals surface area (Å²) >= 11 is 0. The van der Waals surface area contributed by atoms with E-state index in [9.17, 15) is 9.18 Å². The van der Waals surface area contributed by atoms with Crippen molar-refractivity contribution >= 4 is 11.8 Å². The molecule has 4 rings (SSSR count). The number of rotatable bonds is 5. The van der Waals surface area contributed by atoms with Crippen LogP contribution in [0.5, 0.6) is 5.75 Å². The van der Waals surface area contributed by atoms with E-state index >= 15 is 0 Å². The molecule has 8 heteroatoms. The highest BCUT2D eigenvalue weighted by Gasteiger charge is 2.44. The number of benzene rings is 1. The lowest BCUT2D eigenvalue weighted by molar-refractivity contribution is 0.172. The first-order valence-corrected chi connectivity index (χ1v) is 9.68. The number of pyridine rings is 1. The molecule has 0 unspecified atom stereocenters. The standard InChI is InChI=1S/C22H24FN5O2/c1-14-17(16-10-24-25-11-16)6-8-20(26-14)27-13-22(2,3)28(21(27)29)12-15-5-7-18(23)19(9-15)30-4/h5-11H,12-13H2,1-4H3,(H,24,25). The van der Waals surface area contributed by atoms with Crippen LogP contribution < -0.4 is 9.64 Å². The van der Waals surface area contributed by atoms with Crippen LogP contribution in [-0.2, 0) is 6.54 Å². The van der Waals surface area contributed by atoms with Gasteiger partial charge in [-0.3, -0.25) is 10.00 Å². The molecule has 1 aliphatic heterocycles. The zero-order chi connectivity index (χ0) is 21.5. The van der Waals surface area contributed by atoms with Gasteiger partial charge in [-0.15, -0.1) is 0 Å². The number of hydrogen-bond donors (Lipinski definition) is 1. The van der Waals surface area contributed by atoms with Crippen molar-refractivity contribution in [1.29, 1.82) is 0 Å². The molecule has 1 aliphatic rings. The number of amides is 2. The Labute approximate surface area is 174 Å². The highest BCUT2D eigenvalue weighted by molar-refractivity contribution is 5.94. The molecule has 2 amide bonds. The smallest absolute Gasteiger partial charge is 0.326 e. The lowest BCUT2D eigenvalue weighted by Gasteiger charge is -2.29. The molecule has 0 bridgehead atoms. The molecule has 0 aliphatic carbocycles. The number of nitrogens with one attached hydrogen (secondary N) is 1. The van der Waals surface area contributed by atoms with Crippen LogP contribution >= 0.6 is 0 Å². The van der Waals surface area contributed by atoms with Gasteiger partial charge in [-0.05, 0) is 50.6 Å². The number of aromatic nitrogens is 3. The minimum atomic E-state index is -0.424. The quantitative estimate of drug-likeness (QED) is 0.687. The SMILES string of the molecule is COc1cc(CN2C(=O)N(c3ccc(-c4cn[nH]c4)c(C)n3)CC2(C)C)ccc1F. The van der Waals surface area contributed by atoms with Crippen LogP contribution in [0.25, 0.3) is 11.1 Å². The zero-order valence-corrected chi connectivity index (χ0v) is 17.4. The average molecular weight is 409 g/mol. The number of aromatic amines is 1. The highest BCUT2D eigenvalue weighted by Crippen LogP contribution is 2.33. The second-order valence-electron chi connectivity index (χ2n) is 8.03. The van der Waals surface area contributed by atoms with Crippen LogP contribution in [-0.4, -0.2) is 45.3 Å². The third-order valence-corrected chi connectivity index (χ3v) is 5.45. The summed E-state index contributed by atoms with van der Waals surface area (Å²) in [5.74, 6) is 0.352. The summed E-state index contributed by atoms with van der Waals surface area (Å²) in [7, 11) is 1.43. The van der Waals surface area contributed by atoms with E-state index in [-0.39, 0.29) is 11.8 Å². The largest absolute Gasteiger partial charge is 0.494 e. The fourth-order valence-electron chi connectivity index (χ4n) is 3.79. The van der Waals surface area contributed by atoms with E-state index in [1.165, 1.54) is 13.2 Å². The van der Waals surface area contributed by atoms with Crippen molar-refractivity contribution < 1.29 is 13.9 Å². The number of anilines is 1. The number of carbonyl (C=O) groups is 1. The second-order valence-corrected chi connectivity index (χ2v) is 8.03. The van der Waals surface area contributed by atoms with Gasteiger partial charge in [0.1, 0.15) is 5.82 Å². The number of aryl methyl sites for hydroxylation is 1. The Morgan fingerprint density at radius 2 is 2.07 bits per heavy atom. The van der Waals surface area contributed by atoms with Crippen LogP contribution in [0.4, 0.5) is 15.0 Å². The molecule has 3 heterocycles. The normalized spacial score (nSPS) is 15.7. The predicted octanol–water partition coefficient (Wildman–Crippen LogP) is 4.15. The van der Waals surface area contributed by atoms with Crippen molar-refractivity contribution in [2.24, 2.45) is 0 Å². The van der Waals surface area contributed by atoms with Crippen molar-refractivity contribution in [2.45, 2.75) is 32.9 Å². The maximum absolute atomic E-state index is 13.7. The molecule has 1 N–H and O–H groups in total. The number of H-pyrrole nitrogens is 1. The lowest BCUT2D eigenvalue weighted by Crippen LogP contribution is -2.41. The summed E-state index contributed by atoms with van der Waals surface area (Å²) < 4.78 is 18.8. The maximum Gasteiger partial charge on any atom is 0.326 e. The molecular weight excluding hydrogens is 385 g/mol. The van der Waals surface area contributed by atoms with Crippen LogP contribution in [0.15, 0.2) is 42.7 Å². The second kappa shape index (κ2) is 7.44. The molecule has 2 aromatic heterocycles. The number of halogens is 1. The number of methoxy groups -OCH3 is 1. The lowest BCUT2D eigenvalue weighted by atomic mass is 10.0. The van der Waals surface area contributed by atoms with Crippen LogP contribution in [0.3, 0.4) is 0 Å². The van der Waals surface area contributed by atoms with E-state index in [1.54, 1.807) is 28.1 Å². The topological polar surface area (TPSA) is 74.3 Å². The van der Waals surface area contributed by atoms with Crippen molar-refractivity contribution in [2.75, 3.05) is 18.6 Å². The van der Waals surface area contributed by atoms with Gasteiger partial charge in [0.05, 0.1) is 25.4 Å². The van der Waals surface area contributed by atoms with Gasteiger partial charge >= 0.3 is 6.03 Å². The van der Waals surface area contributed by atoms with E-state index in [1.807, 2.05) is 39.1 Å². The maximum atomic E-state index is 13.7. The Morgan fingerprint density at radius 3 is 2.73 bits per heavy atom. The van der Waals surface area contributed by atoms with Crippen LogP contribution in [0.1, 0.15) is 25.1 Å². The summed E-state index contributed by atoms with van der Waals surface area (Å²) in [6.07, 6.45) is 3.55. The molecule has 0 radical (unpaired) electrons. The van der Waals surface area contributed by atoms with Crippen molar-refractivity contribution in [3.8, 4) is 16.9 Å². The van der Waals surface area contributed by atoms with Crippen LogP contribution in [0.2, 0.25) is 0 Å². The number of urea groups is 1. The fourth-order valence-corrected chi connectivity index (χ4v) is 3.79. The molecule has 1 saturated heterocycles. The third-order valence-electron chi connectivity index (χ3n) is 5.45. The molecule has 1 aromatic carbocycles. The Kier molecular flexibility index (Phi) is 4.93. The molecular formula is C22H24FN5O2. The first-order chi connectivity index (χ1) is 14.3. The number of hydrogen-bond acceptors (Lipinski definition) is 4. The van der Waals surface area contributed by atoms with E-state index in [0.717, 1.165) is 22.4 Å². The van der Waals surface area contributed by atoms with E-state index in [0.29, 0.717) is 18.9 Å². The minimum absolute atomic E-state index is 0.133. The average Bonchev–Trinajstić information content (AvgIpc) is 3.31. The monoisotopic (exact) mass is 409 g/mol. The molecule has 3 aromatic rings. The minimum Gasteiger partial charge on any atom is -0.494 e. The Balaban J connectivity index is 1.60. The van der Waals surface area contributed by atoms with Gasteiger partial charge in [-0.2, -0.15) is 5.10 Å². The van der Waals surface area contributed by atoms with Gasteiger partial charge in [0.15, 0.2) is 11.6 Å².